The van der Waals surface area contributed by atoms with Crippen LogP contribution in [0.3, 0.4) is 0 Å². The van der Waals surface area contributed by atoms with Gasteiger partial charge < -0.3 is 25.5 Å². The van der Waals surface area contributed by atoms with E-state index < -0.39 is 17.5 Å². The van der Waals surface area contributed by atoms with E-state index in [1.165, 1.54) is 0 Å². The molecule has 1 fully saturated rings. The lowest BCUT2D eigenvalue weighted by Gasteiger charge is -2.29. The Hall–Kier alpha value is -3.13. The van der Waals surface area contributed by atoms with Crippen molar-refractivity contribution in [2.45, 2.75) is 75.8 Å². The number of carbonyl (C=O) groups is 3. The van der Waals surface area contributed by atoms with E-state index in [4.69, 9.17) is 4.74 Å². The van der Waals surface area contributed by atoms with Gasteiger partial charge in [0.2, 0.25) is 11.8 Å². The lowest BCUT2D eigenvalue weighted by molar-refractivity contribution is -0.145. The maximum absolute atomic E-state index is 13.4. The number of benzene rings is 1. The summed E-state index contributed by atoms with van der Waals surface area (Å²) < 4.78 is 5.52. The summed E-state index contributed by atoms with van der Waals surface area (Å²) in [5.41, 5.74) is 1.46. The summed E-state index contributed by atoms with van der Waals surface area (Å²) >= 11 is 0. The van der Waals surface area contributed by atoms with Gasteiger partial charge in [0.15, 0.2) is 0 Å². The third kappa shape index (κ3) is 6.75. The number of amides is 2. The van der Waals surface area contributed by atoms with E-state index in [0.29, 0.717) is 32.1 Å². The molecule has 1 aromatic heterocycles. The number of esters is 1. The minimum atomic E-state index is -0.571. The van der Waals surface area contributed by atoms with Gasteiger partial charge in [-0.1, -0.05) is 43.2 Å². The van der Waals surface area contributed by atoms with E-state index in [-0.39, 0.29) is 37.4 Å². The number of aromatic amines is 1. The van der Waals surface area contributed by atoms with Crippen LogP contribution in [-0.4, -0.2) is 52.7 Å². The van der Waals surface area contributed by atoms with Crippen molar-refractivity contribution in [1.82, 2.24) is 15.6 Å². The Bertz CT molecular complexity index is 1090. The third-order valence-corrected chi connectivity index (χ3v) is 7.34. The maximum Gasteiger partial charge on any atom is 0.305 e. The van der Waals surface area contributed by atoms with E-state index in [1.54, 1.807) is 0 Å². The number of hydrogen-bond acceptors (Lipinski definition) is 5. The van der Waals surface area contributed by atoms with Crippen LogP contribution in [0.15, 0.2) is 42.6 Å². The summed E-state index contributed by atoms with van der Waals surface area (Å²) in [6.07, 6.45) is 11.9. The van der Waals surface area contributed by atoms with Crippen molar-refractivity contribution >= 4 is 28.7 Å². The second-order valence-corrected chi connectivity index (χ2v) is 10.1. The summed E-state index contributed by atoms with van der Waals surface area (Å²) in [5, 5.41) is 17.0. The predicted octanol–water partition coefficient (Wildman–Crippen LogP) is 3.30. The van der Waals surface area contributed by atoms with Gasteiger partial charge in [0.1, 0.15) is 6.61 Å². The molecule has 2 atom stereocenters. The highest BCUT2D eigenvalue weighted by atomic mass is 16.5. The standard InChI is InChI=1S/C28H37N3O5/c32-19-28(13-7-8-14-28)31-25(33)16-20-9-3-1-2-4-12-26(34)36-18-22(30-27(20)35)15-21-17-29-24-11-6-5-10-23(21)24/h1,3,5-6,10-11,17,20,22,29,32H,2,4,7-9,12-16,18-19H2,(H,30,35)(H,31,33). The molecule has 194 valence electrons. The normalized spacial score (nSPS) is 23.2. The molecule has 2 aliphatic rings. The Morgan fingerprint density at radius 3 is 2.75 bits per heavy atom. The molecule has 1 aromatic carbocycles. The van der Waals surface area contributed by atoms with Crippen molar-refractivity contribution < 1.29 is 24.2 Å². The number of allylic oxidation sites excluding steroid dienone is 2. The first-order valence-corrected chi connectivity index (χ1v) is 13.1. The number of H-pyrrole nitrogens is 1. The monoisotopic (exact) mass is 495 g/mol. The van der Waals surface area contributed by atoms with Crippen molar-refractivity contribution in [3.05, 3.63) is 48.2 Å². The van der Waals surface area contributed by atoms with Crippen LogP contribution in [0.25, 0.3) is 10.9 Å². The number of cyclic esters (lactones) is 1. The fraction of sp³-hybridized carbons (Fsp3) is 0.536. The molecule has 36 heavy (non-hydrogen) atoms. The minimum Gasteiger partial charge on any atom is -0.463 e. The molecular formula is C28H37N3O5. The van der Waals surface area contributed by atoms with Crippen LogP contribution in [0, 0.1) is 5.92 Å². The Labute approximate surface area is 211 Å². The molecule has 0 bridgehead atoms. The molecule has 1 aliphatic heterocycles. The molecule has 2 aromatic rings. The zero-order chi connectivity index (χ0) is 25.4. The van der Waals surface area contributed by atoms with Gasteiger partial charge in [0, 0.05) is 29.9 Å². The van der Waals surface area contributed by atoms with Gasteiger partial charge in [0.25, 0.3) is 0 Å². The van der Waals surface area contributed by atoms with Crippen molar-refractivity contribution in [3.63, 3.8) is 0 Å². The summed E-state index contributed by atoms with van der Waals surface area (Å²) in [6, 6.07) is 7.52. The van der Waals surface area contributed by atoms with Crippen LogP contribution in [0.2, 0.25) is 0 Å². The molecule has 0 radical (unpaired) electrons. The number of aromatic nitrogens is 1. The zero-order valence-corrected chi connectivity index (χ0v) is 20.8. The van der Waals surface area contributed by atoms with Gasteiger partial charge >= 0.3 is 5.97 Å². The van der Waals surface area contributed by atoms with E-state index in [2.05, 4.69) is 15.6 Å². The summed E-state index contributed by atoms with van der Waals surface area (Å²) in [4.78, 5) is 41.8. The number of carbonyl (C=O) groups excluding carboxylic acids is 3. The molecule has 4 rings (SSSR count). The topological polar surface area (TPSA) is 121 Å². The van der Waals surface area contributed by atoms with Crippen LogP contribution in [0.4, 0.5) is 0 Å². The molecule has 1 aliphatic carbocycles. The predicted molar refractivity (Wildman–Crippen MR) is 137 cm³/mol. The smallest absolute Gasteiger partial charge is 0.305 e. The first-order valence-electron chi connectivity index (χ1n) is 13.1. The van der Waals surface area contributed by atoms with E-state index in [9.17, 15) is 19.5 Å². The summed E-state index contributed by atoms with van der Waals surface area (Å²) in [7, 11) is 0. The van der Waals surface area contributed by atoms with Gasteiger partial charge in [0.05, 0.1) is 24.1 Å². The number of hydrogen-bond donors (Lipinski definition) is 4. The van der Waals surface area contributed by atoms with Gasteiger partial charge in [-0.3, -0.25) is 14.4 Å². The number of aliphatic hydroxyl groups is 1. The van der Waals surface area contributed by atoms with Crippen LogP contribution in [0.5, 0.6) is 0 Å². The SMILES string of the molecule is O=C(CC1CC=CCCCC(=O)OCC(Cc2c[nH]c3ccccc23)NC1=O)NC1(CO)CCCC1. The molecule has 4 N–H and O–H groups in total. The fourth-order valence-corrected chi connectivity index (χ4v) is 5.27. The van der Waals surface area contributed by atoms with Gasteiger partial charge in [-0.05, 0) is 50.2 Å². The Kier molecular flexibility index (Phi) is 8.80. The van der Waals surface area contributed by atoms with Crippen LogP contribution >= 0.6 is 0 Å². The van der Waals surface area contributed by atoms with E-state index >= 15 is 0 Å². The second-order valence-electron chi connectivity index (χ2n) is 10.1. The molecule has 1 saturated carbocycles. The Balaban J connectivity index is 1.49. The van der Waals surface area contributed by atoms with E-state index in [0.717, 1.165) is 42.1 Å². The number of para-hydroxylation sites is 1. The quantitative estimate of drug-likeness (QED) is 0.362. The van der Waals surface area contributed by atoms with Crippen molar-refractivity contribution in [1.29, 1.82) is 0 Å². The fourth-order valence-electron chi connectivity index (χ4n) is 5.27. The van der Waals surface area contributed by atoms with Gasteiger partial charge in [-0.2, -0.15) is 0 Å². The Morgan fingerprint density at radius 1 is 1.14 bits per heavy atom. The van der Waals surface area contributed by atoms with Crippen LogP contribution in [-0.2, 0) is 25.5 Å². The number of aliphatic hydroxyl groups excluding tert-OH is 1. The Morgan fingerprint density at radius 2 is 1.94 bits per heavy atom. The second kappa shape index (κ2) is 12.2. The van der Waals surface area contributed by atoms with Crippen molar-refractivity contribution in [3.8, 4) is 0 Å². The van der Waals surface area contributed by atoms with Crippen molar-refractivity contribution in [2.24, 2.45) is 5.92 Å². The van der Waals surface area contributed by atoms with E-state index in [1.807, 2.05) is 42.6 Å². The highest BCUT2D eigenvalue weighted by Crippen LogP contribution is 2.29. The third-order valence-electron chi connectivity index (χ3n) is 7.34. The lowest BCUT2D eigenvalue weighted by Crippen LogP contribution is -2.50. The molecule has 0 saturated heterocycles. The lowest BCUT2D eigenvalue weighted by atomic mass is 9.95. The van der Waals surface area contributed by atoms with Crippen LogP contribution < -0.4 is 10.6 Å². The highest BCUT2D eigenvalue weighted by molar-refractivity contribution is 5.87. The van der Waals surface area contributed by atoms with Gasteiger partial charge in [-0.25, -0.2) is 0 Å². The largest absolute Gasteiger partial charge is 0.463 e. The minimum absolute atomic E-state index is 0.0392. The maximum atomic E-state index is 13.4. The van der Waals surface area contributed by atoms with Crippen LogP contribution in [0.1, 0.15) is 63.4 Å². The zero-order valence-electron chi connectivity index (χ0n) is 20.8. The van der Waals surface area contributed by atoms with Gasteiger partial charge in [-0.15, -0.1) is 0 Å². The first kappa shape index (κ1) is 25.9. The molecule has 0 spiro atoms. The number of fused-ring (bicyclic) bond motifs is 1. The molecule has 8 nitrogen and oxygen atoms in total. The molecule has 8 heteroatoms. The first-order chi connectivity index (χ1) is 17.5. The summed E-state index contributed by atoms with van der Waals surface area (Å²) in [5.74, 6) is -1.29. The molecule has 2 amide bonds. The molecule has 2 unspecified atom stereocenters. The molecule has 2 heterocycles. The highest BCUT2D eigenvalue weighted by Gasteiger charge is 2.35. The number of nitrogens with one attached hydrogen (secondary N) is 3. The van der Waals surface area contributed by atoms with Crippen molar-refractivity contribution in [2.75, 3.05) is 13.2 Å². The average molecular weight is 496 g/mol. The number of rotatable bonds is 6. The average Bonchev–Trinajstić information content (AvgIpc) is 3.51. The molecular weight excluding hydrogens is 458 g/mol. The number of ether oxygens (including phenoxy) is 1. The summed E-state index contributed by atoms with van der Waals surface area (Å²) in [6.45, 7) is -0.0163.